The number of hydrogen-bond donors (Lipinski definition) is 3. The largest absolute Gasteiger partial charge is 0.508 e. The van der Waals surface area contributed by atoms with Gasteiger partial charge in [-0.3, -0.25) is 4.79 Å². The van der Waals surface area contributed by atoms with Crippen LogP contribution in [0.5, 0.6) is 5.75 Å². The van der Waals surface area contributed by atoms with Crippen LogP contribution in [0.4, 0.5) is 0 Å². The Bertz CT molecular complexity index is 935. The van der Waals surface area contributed by atoms with E-state index in [1.165, 1.54) is 6.07 Å². The summed E-state index contributed by atoms with van der Waals surface area (Å²) >= 11 is 0. The van der Waals surface area contributed by atoms with E-state index in [1.54, 1.807) is 36.4 Å². The van der Waals surface area contributed by atoms with Crippen molar-refractivity contribution >= 4 is 23.3 Å². The number of carbonyl (C=O) groups is 1. The molecule has 25 heavy (non-hydrogen) atoms. The van der Waals surface area contributed by atoms with Crippen LogP contribution in [0, 0.1) is 0 Å². The van der Waals surface area contributed by atoms with Gasteiger partial charge < -0.3 is 20.1 Å². The molecule has 9 heteroatoms. The minimum absolute atomic E-state index is 0.0133. The van der Waals surface area contributed by atoms with Gasteiger partial charge in [0.15, 0.2) is 0 Å². The van der Waals surface area contributed by atoms with Gasteiger partial charge >= 0.3 is 0 Å². The highest BCUT2D eigenvalue weighted by molar-refractivity contribution is 6.00. The van der Waals surface area contributed by atoms with E-state index in [4.69, 9.17) is 4.74 Å². The van der Waals surface area contributed by atoms with Crippen LogP contribution in [0.3, 0.4) is 0 Å². The molecule has 128 valence electrons. The number of rotatable bonds is 5. The number of hydrogen-bond acceptors (Lipinski definition) is 7. The van der Waals surface area contributed by atoms with E-state index >= 15 is 0 Å². The molecule has 3 N–H and O–H groups in total. The lowest BCUT2D eigenvalue weighted by Crippen LogP contribution is -2.09. The lowest BCUT2D eigenvalue weighted by atomic mass is 10.2. The number of aromatic hydroxyl groups is 1. The first kappa shape index (κ1) is 16.6. The summed E-state index contributed by atoms with van der Waals surface area (Å²) < 4.78 is 6.47. The molecule has 0 spiro atoms. The van der Waals surface area contributed by atoms with Crippen LogP contribution < -0.4 is 0 Å². The Kier molecular flexibility index (Phi) is 4.68. The van der Waals surface area contributed by atoms with Gasteiger partial charge in [-0.05, 0) is 24.3 Å². The summed E-state index contributed by atoms with van der Waals surface area (Å²) in [7, 11) is 0. The smallest absolute Gasteiger partial charge is 0.256 e. The molecule has 3 aromatic rings. The van der Waals surface area contributed by atoms with E-state index < -0.39 is 6.41 Å². The second-order valence-electron chi connectivity index (χ2n) is 5.04. The zero-order valence-electron chi connectivity index (χ0n) is 12.9. The SMILES string of the molecule is O=CN=C(OCc1ccccc1O)c1ccc2c(c1)nnn2C(O)O. The van der Waals surface area contributed by atoms with Gasteiger partial charge in [-0.25, -0.2) is 0 Å². The summed E-state index contributed by atoms with van der Waals surface area (Å²) in [6.45, 7) is 0.0133. The summed E-state index contributed by atoms with van der Waals surface area (Å²) in [6.07, 6.45) is -1.46. The lowest BCUT2D eigenvalue weighted by Gasteiger charge is -2.10. The number of amides is 1. The Morgan fingerprint density at radius 2 is 2.08 bits per heavy atom. The third kappa shape index (κ3) is 3.47. The molecule has 0 unspecified atom stereocenters. The monoisotopic (exact) mass is 342 g/mol. The molecule has 0 aliphatic rings. The van der Waals surface area contributed by atoms with Crippen LogP contribution in [0.15, 0.2) is 47.5 Å². The maximum atomic E-state index is 10.8. The molecule has 1 aromatic heterocycles. The molecule has 0 aliphatic carbocycles. The number of carbonyl (C=O) groups excluding carboxylic acids is 1. The summed E-state index contributed by atoms with van der Waals surface area (Å²) in [6, 6.07) is 11.3. The highest BCUT2D eigenvalue weighted by Crippen LogP contribution is 2.19. The number of benzene rings is 2. The van der Waals surface area contributed by atoms with E-state index in [0.717, 1.165) is 4.68 Å². The third-order valence-electron chi connectivity index (χ3n) is 3.46. The molecule has 0 bridgehead atoms. The van der Waals surface area contributed by atoms with Crippen molar-refractivity contribution in [3.63, 3.8) is 0 Å². The Morgan fingerprint density at radius 1 is 1.28 bits per heavy atom. The Hall–Kier alpha value is -3.30. The van der Waals surface area contributed by atoms with Crippen LogP contribution in [0.2, 0.25) is 0 Å². The van der Waals surface area contributed by atoms with E-state index in [2.05, 4.69) is 15.3 Å². The number of aliphatic hydroxyl groups is 2. The second kappa shape index (κ2) is 7.07. The van der Waals surface area contributed by atoms with Crippen molar-refractivity contribution < 1.29 is 24.9 Å². The average Bonchev–Trinajstić information content (AvgIpc) is 3.03. The van der Waals surface area contributed by atoms with Gasteiger partial charge in [0.1, 0.15) is 17.9 Å². The van der Waals surface area contributed by atoms with Crippen molar-refractivity contribution in [1.29, 1.82) is 0 Å². The Balaban J connectivity index is 1.88. The average molecular weight is 342 g/mol. The fraction of sp³-hybridized carbons (Fsp3) is 0.125. The highest BCUT2D eigenvalue weighted by Gasteiger charge is 2.13. The van der Waals surface area contributed by atoms with Gasteiger partial charge in [0, 0.05) is 11.1 Å². The fourth-order valence-electron chi connectivity index (χ4n) is 2.27. The van der Waals surface area contributed by atoms with E-state index in [-0.39, 0.29) is 18.3 Å². The number of aromatic nitrogens is 3. The number of fused-ring (bicyclic) bond motifs is 1. The number of nitrogens with zero attached hydrogens (tertiary/aromatic N) is 4. The number of aliphatic hydroxyl groups excluding tert-OH is 1. The minimum Gasteiger partial charge on any atom is -0.508 e. The lowest BCUT2D eigenvalue weighted by molar-refractivity contribution is -0.108. The topological polar surface area (TPSA) is 130 Å². The fourth-order valence-corrected chi connectivity index (χ4v) is 2.27. The summed E-state index contributed by atoms with van der Waals surface area (Å²) in [5.74, 6) is 0.113. The van der Waals surface area contributed by atoms with E-state index in [1.807, 2.05) is 0 Å². The first-order valence-corrected chi connectivity index (χ1v) is 7.22. The number of aliphatic imine (C=N–C) groups is 1. The maximum Gasteiger partial charge on any atom is 0.256 e. The molecule has 3 rings (SSSR count). The number of phenols is 1. The van der Waals surface area contributed by atoms with Crippen molar-refractivity contribution in [1.82, 2.24) is 15.0 Å². The summed E-state index contributed by atoms with van der Waals surface area (Å²) in [4.78, 5) is 14.5. The predicted molar refractivity (Wildman–Crippen MR) is 86.5 cm³/mol. The first-order valence-electron chi connectivity index (χ1n) is 7.22. The summed E-state index contributed by atoms with van der Waals surface area (Å²) in [5.41, 5.74) is 1.76. The van der Waals surface area contributed by atoms with Crippen LogP contribution in [-0.2, 0) is 16.1 Å². The minimum atomic E-state index is -1.81. The molecule has 2 aromatic carbocycles. The molecular weight excluding hydrogens is 328 g/mol. The predicted octanol–water partition coefficient (Wildman–Crippen LogP) is 0.697. The van der Waals surface area contributed by atoms with Gasteiger partial charge in [-0.2, -0.15) is 9.67 Å². The van der Waals surface area contributed by atoms with Crippen LogP contribution in [-0.4, -0.2) is 42.6 Å². The van der Waals surface area contributed by atoms with E-state index in [9.17, 15) is 20.1 Å². The molecule has 0 fully saturated rings. The van der Waals surface area contributed by atoms with Gasteiger partial charge in [0.05, 0.1) is 5.52 Å². The van der Waals surface area contributed by atoms with Crippen molar-refractivity contribution in [2.24, 2.45) is 4.99 Å². The van der Waals surface area contributed by atoms with Gasteiger partial charge in [-0.15, -0.1) is 5.10 Å². The molecular formula is C16H14N4O5. The summed E-state index contributed by atoms with van der Waals surface area (Å²) in [5, 5.41) is 35.6. The zero-order valence-corrected chi connectivity index (χ0v) is 12.9. The number of para-hydroxylation sites is 1. The maximum absolute atomic E-state index is 10.8. The molecule has 0 saturated carbocycles. The Morgan fingerprint density at radius 3 is 2.80 bits per heavy atom. The van der Waals surface area contributed by atoms with Crippen molar-refractivity contribution in [2.45, 2.75) is 13.0 Å². The van der Waals surface area contributed by atoms with Crippen molar-refractivity contribution in [3.8, 4) is 5.75 Å². The van der Waals surface area contributed by atoms with Gasteiger partial charge in [-0.1, -0.05) is 23.4 Å². The first-order chi connectivity index (χ1) is 12.1. The molecule has 0 radical (unpaired) electrons. The quantitative estimate of drug-likeness (QED) is 0.269. The van der Waals surface area contributed by atoms with Crippen molar-refractivity contribution in [2.75, 3.05) is 0 Å². The standard InChI is InChI=1S/C16H14N4O5/c21-9-17-15(25-8-11-3-1-2-4-14(11)22)10-5-6-13-12(7-10)18-19-20(13)16(23)24/h1-7,9,16,22-24H,8H2. The van der Waals surface area contributed by atoms with Gasteiger partial charge in [0.2, 0.25) is 12.3 Å². The zero-order chi connectivity index (χ0) is 17.8. The normalized spacial score (nSPS) is 11.9. The Labute approximate surface area is 141 Å². The molecule has 9 nitrogen and oxygen atoms in total. The molecule has 0 aliphatic heterocycles. The highest BCUT2D eigenvalue weighted by atomic mass is 16.5. The van der Waals surface area contributed by atoms with Crippen LogP contribution in [0.1, 0.15) is 17.5 Å². The van der Waals surface area contributed by atoms with Crippen LogP contribution in [0.25, 0.3) is 11.0 Å². The van der Waals surface area contributed by atoms with Gasteiger partial charge in [0.25, 0.3) is 6.41 Å². The third-order valence-corrected chi connectivity index (χ3v) is 3.46. The number of ether oxygens (including phenoxy) is 1. The molecule has 0 saturated heterocycles. The van der Waals surface area contributed by atoms with Crippen molar-refractivity contribution in [3.05, 3.63) is 53.6 Å². The molecule has 0 atom stereocenters. The van der Waals surface area contributed by atoms with E-state index in [0.29, 0.717) is 28.6 Å². The molecule has 1 amide bonds. The second-order valence-corrected chi connectivity index (χ2v) is 5.04. The molecule has 1 heterocycles. The van der Waals surface area contributed by atoms with Crippen LogP contribution >= 0.6 is 0 Å². The number of phenolic OH excluding ortho intramolecular Hbond substituents is 1.